The Labute approximate surface area is 186 Å². The van der Waals surface area contributed by atoms with Gasteiger partial charge in [-0.2, -0.15) is 0 Å². The van der Waals surface area contributed by atoms with E-state index in [-0.39, 0.29) is 30.4 Å². The molecule has 1 aromatic heterocycles. The third-order valence-electron chi connectivity index (χ3n) is 6.53. The van der Waals surface area contributed by atoms with Crippen LogP contribution in [0.15, 0.2) is 42.7 Å². The third-order valence-corrected chi connectivity index (χ3v) is 6.53. The molecular weight excluding hydrogens is 408 g/mol. The van der Waals surface area contributed by atoms with Crippen LogP contribution in [0.3, 0.4) is 0 Å². The van der Waals surface area contributed by atoms with Crippen molar-refractivity contribution in [2.45, 2.75) is 63.4 Å². The Kier molecular flexibility index (Phi) is 5.61. The summed E-state index contributed by atoms with van der Waals surface area (Å²) in [6.45, 7) is 1.10. The van der Waals surface area contributed by atoms with Crippen molar-refractivity contribution in [1.29, 1.82) is 0 Å². The number of imide groups is 1. The second-order valence-corrected chi connectivity index (χ2v) is 8.65. The van der Waals surface area contributed by atoms with E-state index in [1.807, 2.05) is 24.4 Å². The largest absolute Gasteiger partial charge is 0.489 e. The summed E-state index contributed by atoms with van der Waals surface area (Å²) in [5, 5.41) is 5.92. The van der Waals surface area contributed by atoms with Crippen molar-refractivity contribution in [3.05, 3.63) is 59.4 Å². The normalized spacial score (nSPS) is 25.1. The highest BCUT2D eigenvalue weighted by Crippen LogP contribution is 2.32. The SMILES string of the molecule is O=C1CCC(N2Cc3cc(O[C@H]4CCC[C@@H]4NCc4cccnc4)ccc3C2=O)C(=O)N1. The molecule has 0 spiro atoms. The number of fused-ring (bicyclic) bond motifs is 1. The van der Waals surface area contributed by atoms with Gasteiger partial charge in [-0.1, -0.05) is 6.07 Å². The van der Waals surface area contributed by atoms with Gasteiger partial charge in [-0.25, -0.2) is 0 Å². The van der Waals surface area contributed by atoms with Crippen molar-refractivity contribution in [2.75, 3.05) is 0 Å². The maximum Gasteiger partial charge on any atom is 0.255 e. The molecule has 1 aromatic carbocycles. The van der Waals surface area contributed by atoms with Gasteiger partial charge in [0, 0.05) is 43.5 Å². The first-order chi connectivity index (χ1) is 15.6. The van der Waals surface area contributed by atoms with Gasteiger partial charge in [0.25, 0.3) is 5.91 Å². The summed E-state index contributed by atoms with van der Waals surface area (Å²) in [5.74, 6) is -0.110. The third kappa shape index (κ3) is 4.10. The molecule has 2 aromatic rings. The Morgan fingerprint density at radius 2 is 2.06 bits per heavy atom. The molecule has 3 heterocycles. The standard InChI is InChI=1S/C24H26N4O4/c29-22-9-8-20(23(30)27-22)28-14-16-11-17(6-7-18(16)24(28)31)32-21-5-1-4-19(21)26-13-15-3-2-10-25-12-15/h2-3,6-7,10-12,19-21,26H,1,4-5,8-9,13-14H2,(H,27,29,30)/t19-,20?,21-/m0/s1. The molecule has 1 saturated carbocycles. The molecule has 32 heavy (non-hydrogen) atoms. The summed E-state index contributed by atoms with van der Waals surface area (Å²) >= 11 is 0. The first-order valence-corrected chi connectivity index (χ1v) is 11.1. The molecular formula is C24H26N4O4. The van der Waals surface area contributed by atoms with E-state index in [4.69, 9.17) is 4.74 Å². The fourth-order valence-corrected chi connectivity index (χ4v) is 4.85. The van der Waals surface area contributed by atoms with Gasteiger partial charge < -0.3 is 15.0 Å². The molecule has 166 valence electrons. The molecule has 8 nitrogen and oxygen atoms in total. The van der Waals surface area contributed by atoms with Crippen LogP contribution in [-0.4, -0.2) is 45.8 Å². The fourth-order valence-electron chi connectivity index (χ4n) is 4.85. The van der Waals surface area contributed by atoms with Crippen LogP contribution in [-0.2, 0) is 22.7 Å². The Morgan fingerprint density at radius 3 is 2.88 bits per heavy atom. The number of hydrogen-bond acceptors (Lipinski definition) is 6. The van der Waals surface area contributed by atoms with Gasteiger partial charge in [0.05, 0.1) is 0 Å². The number of rotatable bonds is 6. The maximum absolute atomic E-state index is 12.9. The number of ether oxygens (including phenoxy) is 1. The predicted molar refractivity (Wildman–Crippen MR) is 116 cm³/mol. The molecule has 1 saturated heterocycles. The number of piperidine rings is 1. The summed E-state index contributed by atoms with van der Waals surface area (Å²) in [7, 11) is 0. The number of nitrogens with zero attached hydrogens (tertiary/aromatic N) is 2. The Morgan fingerprint density at radius 1 is 1.16 bits per heavy atom. The molecule has 3 atom stereocenters. The highest BCUT2D eigenvalue weighted by atomic mass is 16.5. The summed E-state index contributed by atoms with van der Waals surface area (Å²) in [5.41, 5.74) is 2.59. The minimum atomic E-state index is -0.604. The first-order valence-electron chi connectivity index (χ1n) is 11.1. The van der Waals surface area contributed by atoms with Crippen LogP contribution >= 0.6 is 0 Å². The Balaban J connectivity index is 1.24. The topological polar surface area (TPSA) is 101 Å². The Hall–Kier alpha value is -3.26. The Bertz CT molecular complexity index is 1040. The van der Waals surface area contributed by atoms with Gasteiger partial charge in [-0.3, -0.25) is 24.7 Å². The number of nitrogens with one attached hydrogen (secondary N) is 2. The zero-order chi connectivity index (χ0) is 22.1. The van der Waals surface area contributed by atoms with Crippen LogP contribution in [0.4, 0.5) is 0 Å². The van der Waals surface area contributed by atoms with Crippen molar-refractivity contribution in [3.63, 3.8) is 0 Å². The van der Waals surface area contributed by atoms with Crippen LogP contribution in [0.25, 0.3) is 0 Å². The van der Waals surface area contributed by atoms with Gasteiger partial charge in [0.15, 0.2) is 0 Å². The highest BCUT2D eigenvalue weighted by molar-refractivity contribution is 6.05. The molecule has 0 radical (unpaired) electrons. The predicted octanol–water partition coefficient (Wildman–Crippen LogP) is 1.93. The molecule has 5 rings (SSSR count). The number of amides is 3. The first kappa shape index (κ1) is 20.6. The highest BCUT2D eigenvalue weighted by Gasteiger charge is 2.39. The maximum atomic E-state index is 12.9. The summed E-state index contributed by atoms with van der Waals surface area (Å²) in [6, 6.07) is 9.17. The van der Waals surface area contributed by atoms with E-state index in [1.165, 1.54) is 0 Å². The molecule has 0 bridgehead atoms. The summed E-state index contributed by atoms with van der Waals surface area (Å²) in [4.78, 5) is 42.2. The second-order valence-electron chi connectivity index (χ2n) is 8.65. The zero-order valence-corrected chi connectivity index (χ0v) is 17.8. The minimum Gasteiger partial charge on any atom is -0.489 e. The molecule has 1 aliphatic carbocycles. The lowest BCUT2D eigenvalue weighted by molar-refractivity contribution is -0.136. The number of pyridine rings is 1. The van der Waals surface area contributed by atoms with Crippen LogP contribution in [0.5, 0.6) is 5.75 Å². The smallest absolute Gasteiger partial charge is 0.255 e. The van der Waals surface area contributed by atoms with Crippen molar-refractivity contribution < 1.29 is 19.1 Å². The number of carbonyl (C=O) groups excluding carboxylic acids is 3. The van der Waals surface area contributed by atoms with Gasteiger partial charge >= 0.3 is 0 Å². The second kappa shape index (κ2) is 8.70. The number of benzene rings is 1. The molecule has 3 amide bonds. The minimum absolute atomic E-state index is 0.0630. The summed E-state index contributed by atoms with van der Waals surface area (Å²) < 4.78 is 6.32. The van der Waals surface area contributed by atoms with Crippen molar-refractivity contribution >= 4 is 17.7 Å². The zero-order valence-electron chi connectivity index (χ0n) is 17.8. The molecule has 2 aliphatic heterocycles. The van der Waals surface area contributed by atoms with E-state index >= 15 is 0 Å². The lowest BCUT2D eigenvalue weighted by Gasteiger charge is -2.29. The average Bonchev–Trinajstić information content (AvgIpc) is 3.37. The van der Waals surface area contributed by atoms with Crippen LogP contribution < -0.4 is 15.4 Å². The quantitative estimate of drug-likeness (QED) is 0.674. The van der Waals surface area contributed by atoms with E-state index < -0.39 is 11.9 Å². The van der Waals surface area contributed by atoms with Crippen molar-refractivity contribution in [1.82, 2.24) is 20.5 Å². The summed E-state index contributed by atoms with van der Waals surface area (Å²) in [6.07, 6.45) is 7.44. The number of hydrogen-bond donors (Lipinski definition) is 2. The van der Waals surface area contributed by atoms with Crippen LogP contribution in [0, 0.1) is 0 Å². The molecule has 2 N–H and O–H groups in total. The monoisotopic (exact) mass is 434 g/mol. The molecule has 8 heteroatoms. The molecule has 1 unspecified atom stereocenters. The number of aromatic nitrogens is 1. The lowest BCUT2D eigenvalue weighted by atomic mass is 10.0. The van der Waals surface area contributed by atoms with E-state index in [0.29, 0.717) is 18.5 Å². The van der Waals surface area contributed by atoms with Gasteiger partial charge in [0.2, 0.25) is 11.8 Å². The number of carbonyl (C=O) groups is 3. The lowest BCUT2D eigenvalue weighted by Crippen LogP contribution is -2.52. The van der Waals surface area contributed by atoms with Crippen molar-refractivity contribution in [2.24, 2.45) is 0 Å². The average molecular weight is 434 g/mol. The van der Waals surface area contributed by atoms with E-state index in [2.05, 4.69) is 21.7 Å². The van der Waals surface area contributed by atoms with Gasteiger partial charge in [-0.15, -0.1) is 0 Å². The van der Waals surface area contributed by atoms with Gasteiger partial charge in [0.1, 0.15) is 17.9 Å². The van der Waals surface area contributed by atoms with E-state index in [0.717, 1.165) is 42.7 Å². The van der Waals surface area contributed by atoms with Gasteiger partial charge in [-0.05, 0) is 61.1 Å². The van der Waals surface area contributed by atoms with Crippen molar-refractivity contribution in [3.8, 4) is 5.75 Å². The van der Waals surface area contributed by atoms with E-state index in [1.54, 1.807) is 17.2 Å². The fraction of sp³-hybridized carbons (Fsp3) is 0.417. The molecule has 3 aliphatic rings. The molecule has 2 fully saturated rings. The van der Waals surface area contributed by atoms with Crippen LogP contribution in [0.2, 0.25) is 0 Å². The van der Waals surface area contributed by atoms with Crippen LogP contribution in [0.1, 0.15) is 53.6 Å². The van der Waals surface area contributed by atoms with E-state index in [9.17, 15) is 14.4 Å².